The number of hydrogen-bond acceptors (Lipinski definition) is 5. The van der Waals surface area contributed by atoms with Gasteiger partial charge in [0.15, 0.2) is 6.61 Å². The molecule has 0 atom stereocenters. The van der Waals surface area contributed by atoms with Crippen LogP contribution in [0, 0.1) is 0 Å². The van der Waals surface area contributed by atoms with Gasteiger partial charge in [0.25, 0.3) is 5.91 Å². The molecule has 0 fully saturated rings. The Kier molecular flexibility index (Phi) is 7.94. The highest BCUT2D eigenvalue weighted by Crippen LogP contribution is 2.11. The Bertz CT molecular complexity index is 961. The highest BCUT2D eigenvalue weighted by molar-refractivity contribution is 5.90. The molecular formula is C25H24N2O4. The van der Waals surface area contributed by atoms with Gasteiger partial charge in [-0.25, -0.2) is 4.79 Å². The summed E-state index contributed by atoms with van der Waals surface area (Å²) in [5, 5.41) is 3.88. The number of nitrogens with zero attached hydrogens (tertiary/aromatic N) is 2. The van der Waals surface area contributed by atoms with Crippen molar-refractivity contribution in [2.24, 2.45) is 5.16 Å². The second-order valence-corrected chi connectivity index (χ2v) is 6.84. The van der Waals surface area contributed by atoms with E-state index in [0.29, 0.717) is 18.7 Å². The number of oxime groups is 1. The number of hydrogen-bond donors (Lipinski definition) is 0. The molecule has 0 N–H and O–H groups in total. The molecule has 3 rings (SSSR count). The van der Waals surface area contributed by atoms with Crippen molar-refractivity contribution in [1.29, 1.82) is 0 Å². The number of esters is 1. The summed E-state index contributed by atoms with van der Waals surface area (Å²) in [5.74, 6) is -0.562. The molecule has 0 saturated carbocycles. The lowest BCUT2D eigenvalue weighted by atomic mass is 10.1. The van der Waals surface area contributed by atoms with E-state index in [1.54, 1.807) is 29.2 Å². The lowest BCUT2D eigenvalue weighted by molar-refractivity contribution is -0.137. The number of ether oxygens (including phenoxy) is 1. The van der Waals surface area contributed by atoms with Crippen LogP contribution in [-0.4, -0.2) is 36.7 Å². The average molecular weight is 416 g/mol. The monoisotopic (exact) mass is 416 g/mol. The summed E-state index contributed by atoms with van der Waals surface area (Å²) in [7, 11) is 1.33. The van der Waals surface area contributed by atoms with Crippen LogP contribution in [0.3, 0.4) is 0 Å². The van der Waals surface area contributed by atoms with Crippen LogP contribution in [0.2, 0.25) is 0 Å². The van der Waals surface area contributed by atoms with Crippen molar-refractivity contribution in [3.63, 3.8) is 0 Å². The van der Waals surface area contributed by atoms with E-state index in [0.717, 1.165) is 16.7 Å². The zero-order chi connectivity index (χ0) is 21.9. The molecule has 0 aliphatic carbocycles. The molecule has 0 heterocycles. The molecule has 0 aliphatic heterocycles. The van der Waals surface area contributed by atoms with Crippen LogP contribution < -0.4 is 0 Å². The maximum atomic E-state index is 12.8. The third-order valence-electron chi connectivity index (χ3n) is 4.58. The normalized spacial score (nSPS) is 10.6. The van der Waals surface area contributed by atoms with Crippen molar-refractivity contribution in [2.45, 2.75) is 13.1 Å². The van der Waals surface area contributed by atoms with Gasteiger partial charge in [-0.3, -0.25) is 4.79 Å². The third-order valence-corrected chi connectivity index (χ3v) is 4.58. The van der Waals surface area contributed by atoms with Gasteiger partial charge in [-0.2, -0.15) is 0 Å². The van der Waals surface area contributed by atoms with Crippen LogP contribution in [0.25, 0.3) is 0 Å². The highest BCUT2D eigenvalue weighted by Gasteiger charge is 2.15. The molecule has 3 aromatic carbocycles. The molecule has 0 aliphatic rings. The molecule has 0 bridgehead atoms. The number of rotatable bonds is 9. The Morgan fingerprint density at radius 1 is 0.839 bits per heavy atom. The zero-order valence-corrected chi connectivity index (χ0v) is 17.3. The largest absolute Gasteiger partial charge is 0.465 e. The van der Waals surface area contributed by atoms with Crippen LogP contribution in [0.4, 0.5) is 0 Å². The zero-order valence-electron chi connectivity index (χ0n) is 17.3. The Hall–Kier alpha value is -3.93. The van der Waals surface area contributed by atoms with Gasteiger partial charge in [-0.05, 0) is 28.8 Å². The quantitative estimate of drug-likeness (QED) is 0.300. The smallest absolute Gasteiger partial charge is 0.337 e. The van der Waals surface area contributed by atoms with Crippen LogP contribution in [0.1, 0.15) is 27.0 Å². The van der Waals surface area contributed by atoms with E-state index < -0.39 is 5.97 Å². The van der Waals surface area contributed by atoms with Crippen LogP contribution >= 0.6 is 0 Å². The van der Waals surface area contributed by atoms with Crippen molar-refractivity contribution in [3.8, 4) is 0 Å². The van der Waals surface area contributed by atoms with Crippen molar-refractivity contribution < 1.29 is 19.2 Å². The molecule has 31 heavy (non-hydrogen) atoms. The highest BCUT2D eigenvalue weighted by atomic mass is 16.6. The third kappa shape index (κ3) is 6.82. The molecule has 0 saturated heterocycles. The summed E-state index contributed by atoms with van der Waals surface area (Å²) >= 11 is 0. The molecule has 6 heteroatoms. The number of methoxy groups -OCH3 is 1. The molecule has 0 unspecified atom stereocenters. The van der Waals surface area contributed by atoms with E-state index in [-0.39, 0.29) is 12.5 Å². The van der Waals surface area contributed by atoms with E-state index in [2.05, 4.69) is 9.89 Å². The number of amides is 1. The van der Waals surface area contributed by atoms with Gasteiger partial charge >= 0.3 is 5.97 Å². The fourth-order valence-corrected chi connectivity index (χ4v) is 2.94. The molecule has 3 aromatic rings. The maximum Gasteiger partial charge on any atom is 0.337 e. The van der Waals surface area contributed by atoms with Gasteiger partial charge in [-0.1, -0.05) is 78.0 Å². The minimum absolute atomic E-state index is 0.161. The molecule has 158 valence electrons. The van der Waals surface area contributed by atoms with E-state index in [9.17, 15) is 9.59 Å². The van der Waals surface area contributed by atoms with Crippen LogP contribution in [-0.2, 0) is 27.5 Å². The lowest BCUT2D eigenvalue weighted by Gasteiger charge is -2.22. The van der Waals surface area contributed by atoms with Crippen LogP contribution in [0.5, 0.6) is 0 Å². The Labute approximate surface area is 181 Å². The Morgan fingerprint density at radius 3 is 1.90 bits per heavy atom. The van der Waals surface area contributed by atoms with Gasteiger partial charge in [-0.15, -0.1) is 0 Å². The van der Waals surface area contributed by atoms with Gasteiger partial charge < -0.3 is 14.5 Å². The van der Waals surface area contributed by atoms with Crippen LogP contribution in [0.15, 0.2) is 90.1 Å². The second-order valence-electron chi connectivity index (χ2n) is 6.84. The van der Waals surface area contributed by atoms with Crippen molar-refractivity contribution >= 4 is 18.1 Å². The summed E-state index contributed by atoms with van der Waals surface area (Å²) in [4.78, 5) is 31.2. The van der Waals surface area contributed by atoms with Gasteiger partial charge in [0.2, 0.25) is 0 Å². The molecule has 0 radical (unpaired) electrons. The van der Waals surface area contributed by atoms with Crippen molar-refractivity contribution in [3.05, 3.63) is 107 Å². The maximum absolute atomic E-state index is 12.8. The predicted molar refractivity (Wildman–Crippen MR) is 118 cm³/mol. The predicted octanol–water partition coefficient (Wildman–Crippen LogP) is 4.05. The Morgan fingerprint density at radius 2 is 1.39 bits per heavy atom. The summed E-state index contributed by atoms with van der Waals surface area (Å²) in [5.41, 5.74) is 3.28. The first kappa shape index (κ1) is 21.8. The fraction of sp³-hybridized carbons (Fsp3) is 0.160. The van der Waals surface area contributed by atoms with Gasteiger partial charge in [0.1, 0.15) is 0 Å². The van der Waals surface area contributed by atoms with Gasteiger partial charge in [0, 0.05) is 13.1 Å². The van der Waals surface area contributed by atoms with E-state index in [1.807, 2.05) is 60.7 Å². The summed E-state index contributed by atoms with van der Waals surface area (Å²) in [6.07, 6.45) is 1.49. The first-order valence-corrected chi connectivity index (χ1v) is 9.85. The Balaban J connectivity index is 1.59. The molecule has 0 aromatic heterocycles. The molecule has 1 amide bonds. The van der Waals surface area contributed by atoms with E-state index in [1.165, 1.54) is 13.3 Å². The van der Waals surface area contributed by atoms with E-state index >= 15 is 0 Å². The summed E-state index contributed by atoms with van der Waals surface area (Å²) in [6, 6.07) is 26.4. The lowest BCUT2D eigenvalue weighted by Crippen LogP contribution is -2.32. The number of benzene rings is 3. The van der Waals surface area contributed by atoms with Crippen molar-refractivity contribution in [2.75, 3.05) is 13.7 Å². The summed E-state index contributed by atoms with van der Waals surface area (Å²) in [6.45, 7) is 0.795. The minimum atomic E-state index is -0.401. The molecule has 6 nitrogen and oxygen atoms in total. The average Bonchev–Trinajstić information content (AvgIpc) is 2.82. The standard InChI is InChI=1S/C25H24N2O4/c1-30-25(29)23-14-12-20(13-15-23)16-26-31-19-24(28)27(17-21-8-4-2-5-9-21)18-22-10-6-3-7-11-22/h2-16H,17-19H2,1H3/b26-16+. The number of carbonyl (C=O) groups is 2. The SMILES string of the molecule is COC(=O)c1ccc(/C=N/OCC(=O)N(Cc2ccccc2)Cc2ccccc2)cc1. The van der Waals surface area contributed by atoms with Gasteiger partial charge in [0.05, 0.1) is 18.9 Å². The first-order valence-electron chi connectivity index (χ1n) is 9.85. The molecular weight excluding hydrogens is 392 g/mol. The van der Waals surface area contributed by atoms with E-state index in [4.69, 9.17) is 4.84 Å². The first-order chi connectivity index (χ1) is 15.2. The number of carbonyl (C=O) groups excluding carboxylic acids is 2. The molecule has 0 spiro atoms. The fourth-order valence-electron chi connectivity index (χ4n) is 2.94. The van der Waals surface area contributed by atoms with Crippen molar-refractivity contribution in [1.82, 2.24) is 4.90 Å². The topological polar surface area (TPSA) is 68.2 Å². The second kappa shape index (κ2) is 11.3. The minimum Gasteiger partial charge on any atom is -0.465 e. The summed E-state index contributed by atoms with van der Waals surface area (Å²) < 4.78 is 4.67.